The lowest BCUT2D eigenvalue weighted by Gasteiger charge is -2.19. The van der Waals surface area contributed by atoms with Crippen LogP contribution in [0.4, 0.5) is 0 Å². The van der Waals surface area contributed by atoms with Gasteiger partial charge >= 0.3 is 17.9 Å². The molecule has 1 aromatic heterocycles. The summed E-state index contributed by atoms with van der Waals surface area (Å²) in [4.78, 5) is 39.4. The van der Waals surface area contributed by atoms with Crippen LogP contribution in [0.15, 0.2) is 101 Å². The van der Waals surface area contributed by atoms with E-state index >= 15 is 0 Å². The molecule has 0 saturated carbocycles. The fourth-order valence-electron chi connectivity index (χ4n) is 5.10. The first-order valence-electron chi connectivity index (χ1n) is 14.1. The number of fused-ring (bicyclic) bond motifs is 3. The molecule has 10 heteroatoms. The Morgan fingerprint density at radius 2 is 1.20 bits per heavy atom. The van der Waals surface area contributed by atoms with Crippen molar-refractivity contribution < 1.29 is 48.3 Å². The minimum atomic E-state index is -0.783. The lowest BCUT2D eigenvalue weighted by atomic mass is 9.99. The van der Waals surface area contributed by atoms with Crippen molar-refractivity contribution in [3.63, 3.8) is 0 Å². The summed E-state index contributed by atoms with van der Waals surface area (Å²) in [7, 11) is 0. The third-order valence-corrected chi connectivity index (χ3v) is 7.09. The van der Waals surface area contributed by atoms with Gasteiger partial charge in [0.2, 0.25) is 0 Å². The molecule has 0 aliphatic carbocycles. The first kappa shape index (κ1) is 29.8. The average Bonchev–Trinajstić information content (AvgIpc) is 3.38. The molecule has 1 heterocycles. The molecule has 3 N–H and O–H groups in total. The molecule has 5 aromatic carbocycles. The van der Waals surface area contributed by atoms with Gasteiger partial charge in [0.25, 0.3) is 0 Å². The summed E-state index contributed by atoms with van der Waals surface area (Å²) < 4.78 is 23.7. The maximum atomic E-state index is 13.4. The van der Waals surface area contributed by atoms with Crippen LogP contribution in [0.5, 0.6) is 34.5 Å². The standard InChI is InChI=1S/C36H26O10/c1-20(37)43-33-31(23-12-14-24(38)15-13-23)34(45-29(41)16-21-8-4-2-5-9-21)35-32(25-18-26(39)27(40)19-28(25)44-35)36(33)46-30(42)17-22-10-6-3-7-11-22/h2-15,18-19,38-40H,16-17H2,1H3. The van der Waals surface area contributed by atoms with Gasteiger partial charge in [-0.25, -0.2) is 0 Å². The lowest BCUT2D eigenvalue weighted by Crippen LogP contribution is -2.16. The molecule has 0 saturated heterocycles. The molecule has 0 spiro atoms. The second kappa shape index (κ2) is 12.4. The quantitative estimate of drug-likeness (QED) is 0.0967. The second-order valence-electron chi connectivity index (χ2n) is 10.4. The van der Waals surface area contributed by atoms with Gasteiger partial charge in [0.15, 0.2) is 34.3 Å². The number of hydrogen-bond acceptors (Lipinski definition) is 10. The van der Waals surface area contributed by atoms with Crippen molar-refractivity contribution in [2.75, 3.05) is 0 Å². The molecule has 6 rings (SSSR count). The number of rotatable bonds is 8. The first-order valence-corrected chi connectivity index (χ1v) is 14.1. The summed E-state index contributed by atoms with van der Waals surface area (Å²) >= 11 is 0. The van der Waals surface area contributed by atoms with Gasteiger partial charge < -0.3 is 33.9 Å². The zero-order valence-corrected chi connectivity index (χ0v) is 24.4. The topological polar surface area (TPSA) is 153 Å². The SMILES string of the molecule is CC(=O)Oc1c(-c2ccc(O)cc2)c(OC(=O)Cc2ccccc2)c2oc3cc(O)c(O)cc3c2c1OC(=O)Cc1ccccc1. The Kier molecular flexibility index (Phi) is 8.00. The van der Waals surface area contributed by atoms with Gasteiger partial charge in [0.05, 0.1) is 23.8 Å². The van der Waals surface area contributed by atoms with Gasteiger partial charge in [0, 0.05) is 18.4 Å². The van der Waals surface area contributed by atoms with Gasteiger partial charge in [-0.15, -0.1) is 0 Å². The highest BCUT2D eigenvalue weighted by Crippen LogP contribution is 2.55. The highest BCUT2D eigenvalue weighted by atomic mass is 16.6. The zero-order valence-electron chi connectivity index (χ0n) is 24.4. The summed E-state index contributed by atoms with van der Waals surface area (Å²) in [5, 5.41) is 30.9. The van der Waals surface area contributed by atoms with Crippen LogP contribution in [0.25, 0.3) is 33.1 Å². The van der Waals surface area contributed by atoms with Gasteiger partial charge in [-0.2, -0.15) is 0 Å². The smallest absolute Gasteiger partial charge is 0.315 e. The number of esters is 3. The summed E-state index contributed by atoms with van der Waals surface area (Å²) in [6, 6.07) is 25.8. The van der Waals surface area contributed by atoms with Crippen LogP contribution in [0, 0.1) is 0 Å². The van der Waals surface area contributed by atoms with Crippen molar-refractivity contribution in [3.05, 3.63) is 108 Å². The van der Waals surface area contributed by atoms with E-state index in [9.17, 15) is 29.7 Å². The van der Waals surface area contributed by atoms with E-state index in [1.807, 2.05) is 6.07 Å². The molecule has 10 nitrogen and oxygen atoms in total. The van der Waals surface area contributed by atoms with E-state index in [2.05, 4.69) is 0 Å². The van der Waals surface area contributed by atoms with Crippen LogP contribution < -0.4 is 14.2 Å². The number of carbonyl (C=O) groups is 3. The van der Waals surface area contributed by atoms with Crippen molar-refractivity contribution in [2.45, 2.75) is 19.8 Å². The highest BCUT2D eigenvalue weighted by Gasteiger charge is 2.32. The molecule has 6 aromatic rings. The van der Waals surface area contributed by atoms with Crippen LogP contribution in [-0.2, 0) is 27.2 Å². The van der Waals surface area contributed by atoms with E-state index in [-0.39, 0.29) is 63.3 Å². The van der Waals surface area contributed by atoms with E-state index in [1.54, 1.807) is 54.6 Å². The largest absolute Gasteiger partial charge is 0.508 e. The molecule has 0 radical (unpaired) electrons. The van der Waals surface area contributed by atoms with E-state index in [1.165, 1.54) is 30.3 Å². The minimum absolute atomic E-state index is 0.0131. The monoisotopic (exact) mass is 618 g/mol. The molecule has 0 fully saturated rings. The maximum Gasteiger partial charge on any atom is 0.315 e. The number of ether oxygens (including phenoxy) is 3. The van der Waals surface area contributed by atoms with Crippen molar-refractivity contribution in [2.24, 2.45) is 0 Å². The lowest BCUT2D eigenvalue weighted by molar-refractivity contribution is -0.135. The van der Waals surface area contributed by atoms with Crippen LogP contribution in [0.2, 0.25) is 0 Å². The van der Waals surface area contributed by atoms with E-state index < -0.39 is 29.4 Å². The number of hydrogen-bond donors (Lipinski definition) is 3. The van der Waals surface area contributed by atoms with E-state index in [0.717, 1.165) is 13.0 Å². The highest BCUT2D eigenvalue weighted by molar-refractivity contribution is 6.16. The van der Waals surface area contributed by atoms with E-state index in [0.29, 0.717) is 16.7 Å². The Balaban J connectivity index is 1.65. The summed E-state index contributed by atoms with van der Waals surface area (Å²) in [5.74, 6) is -3.96. The molecular formula is C36H26O10. The molecule has 46 heavy (non-hydrogen) atoms. The fraction of sp³-hybridized carbons (Fsp3) is 0.0833. The molecular weight excluding hydrogens is 592 g/mol. The number of aromatic hydroxyl groups is 3. The molecule has 0 bridgehead atoms. The molecule has 0 aliphatic rings. The summed E-state index contributed by atoms with van der Waals surface area (Å²) in [6.07, 6.45) is -0.276. The van der Waals surface area contributed by atoms with Crippen LogP contribution >= 0.6 is 0 Å². The number of phenols is 3. The van der Waals surface area contributed by atoms with Gasteiger partial charge in [-0.3, -0.25) is 14.4 Å². The van der Waals surface area contributed by atoms with Crippen molar-refractivity contribution in [1.82, 2.24) is 0 Å². The van der Waals surface area contributed by atoms with Gasteiger partial charge in [0.1, 0.15) is 11.3 Å². The zero-order chi connectivity index (χ0) is 32.4. The molecule has 0 aliphatic heterocycles. The Hall–Kier alpha value is -6.29. The third kappa shape index (κ3) is 6.04. The molecule has 0 atom stereocenters. The third-order valence-electron chi connectivity index (χ3n) is 7.09. The normalized spacial score (nSPS) is 11.0. The second-order valence-corrected chi connectivity index (χ2v) is 10.4. The Labute approximate surface area is 261 Å². The molecule has 0 unspecified atom stereocenters. The average molecular weight is 619 g/mol. The molecule has 0 amide bonds. The van der Waals surface area contributed by atoms with Crippen LogP contribution in [-0.4, -0.2) is 33.2 Å². The van der Waals surface area contributed by atoms with Gasteiger partial charge in [-0.05, 0) is 34.9 Å². The Morgan fingerprint density at radius 1 is 0.652 bits per heavy atom. The predicted molar refractivity (Wildman–Crippen MR) is 167 cm³/mol. The van der Waals surface area contributed by atoms with Crippen molar-refractivity contribution >= 4 is 39.8 Å². The Morgan fingerprint density at radius 3 is 1.76 bits per heavy atom. The van der Waals surface area contributed by atoms with Gasteiger partial charge in [-0.1, -0.05) is 72.8 Å². The van der Waals surface area contributed by atoms with Crippen LogP contribution in [0.1, 0.15) is 18.1 Å². The number of benzene rings is 5. The number of phenolic OH excluding ortho intramolecular Hbond substituents is 3. The fourth-order valence-corrected chi connectivity index (χ4v) is 5.10. The molecule has 230 valence electrons. The summed E-state index contributed by atoms with van der Waals surface area (Å²) in [6.45, 7) is 1.15. The number of furan rings is 1. The first-order chi connectivity index (χ1) is 22.2. The van der Waals surface area contributed by atoms with Crippen molar-refractivity contribution in [1.29, 1.82) is 0 Å². The van der Waals surface area contributed by atoms with Crippen LogP contribution in [0.3, 0.4) is 0 Å². The summed E-state index contributed by atoms with van der Waals surface area (Å²) in [5.41, 5.74) is 1.60. The minimum Gasteiger partial charge on any atom is -0.508 e. The van der Waals surface area contributed by atoms with E-state index in [4.69, 9.17) is 18.6 Å². The maximum absolute atomic E-state index is 13.4. The van der Waals surface area contributed by atoms with Crippen molar-refractivity contribution in [3.8, 4) is 45.6 Å². The number of carbonyl (C=O) groups excluding carboxylic acids is 3. The predicted octanol–water partition coefficient (Wildman–Crippen LogP) is 6.59. The Bertz CT molecular complexity index is 2100.